The summed E-state index contributed by atoms with van der Waals surface area (Å²) < 4.78 is 10.5. The minimum absolute atomic E-state index is 0.164. The second-order valence-corrected chi connectivity index (χ2v) is 4.04. The number of nitrogens with one attached hydrogen (secondary N) is 1. The Morgan fingerprint density at radius 1 is 1.37 bits per heavy atom. The summed E-state index contributed by atoms with van der Waals surface area (Å²) in [6.45, 7) is -0.164. The number of nitrogens with two attached hydrogens (primary N) is 1. The van der Waals surface area contributed by atoms with Crippen molar-refractivity contribution in [3.05, 3.63) is 30.2 Å². The normalized spacial score (nSPS) is 12.2. The van der Waals surface area contributed by atoms with E-state index in [-0.39, 0.29) is 6.61 Å². The number of hydrogen-bond donors (Lipinski definition) is 3. The van der Waals surface area contributed by atoms with Gasteiger partial charge in [-0.15, -0.1) is 0 Å². The van der Waals surface area contributed by atoms with E-state index in [4.69, 9.17) is 20.3 Å². The van der Waals surface area contributed by atoms with Crippen LogP contribution in [0, 0.1) is 0 Å². The Labute approximate surface area is 111 Å². The maximum atomic E-state index is 9.02. The molecule has 19 heavy (non-hydrogen) atoms. The van der Waals surface area contributed by atoms with E-state index in [0.29, 0.717) is 11.6 Å². The number of methoxy groups -OCH3 is 2. The van der Waals surface area contributed by atoms with Crippen LogP contribution in [0.2, 0.25) is 0 Å². The predicted molar refractivity (Wildman–Crippen MR) is 71.1 cm³/mol. The van der Waals surface area contributed by atoms with Gasteiger partial charge in [0.25, 0.3) is 0 Å². The second-order valence-electron chi connectivity index (χ2n) is 4.04. The highest BCUT2D eigenvalue weighted by Gasteiger charge is 2.13. The van der Waals surface area contributed by atoms with Gasteiger partial charge in [0.15, 0.2) is 0 Å². The first kappa shape index (κ1) is 13.4. The number of ether oxygens (including phenoxy) is 2. The molecule has 102 valence electrons. The number of imidazole rings is 1. The van der Waals surface area contributed by atoms with Crippen molar-refractivity contribution in [2.75, 3.05) is 20.8 Å². The molecule has 0 amide bonds. The Bertz CT molecular complexity index is 554. The molecule has 6 heteroatoms. The van der Waals surface area contributed by atoms with Crippen molar-refractivity contribution in [2.24, 2.45) is 5.73 Å². The summed E-state index contributed by atoms with van der Waals surface area (Å²) in [5.41, 5.74) is 7.30. The van der Waals surface area contributed by atoms with Gasteiger partial charge in [0.2, 0.25) is 0 Å². The highest BCUT2D eigenvalue weighted by molar-refractivity contribution is 5.68. The Morgan fingerprint density at radius 3 is 2.79 bits per heavy atom. The van der Waals surface area contributed by atoms with Crippen LogP contribution in [0.1, 0.15) is 11.9 Å². The quantitative estimate of drug-likeness (QED) is 0.750. The van der Waals surface area contributed by atoms with Crippen LogP contribution in [0.25, 0.3) is 11.3 Å². The molecule has 6 nitrogen and oxygen atoms in total. The van der Waals surface area contributed by atoms with Gasteiger partial charge in [-0.2, -0.15) is 0 Å². The number of hydrogen-bond acceptors (Lipinski definition) is 5. The molecule has 0 saturated heterocycles. The molecule has 0 aliphatic carbocycles. The summed E-state index contributed by atoms with van der Waals surface area (Å²) in [7, 11) is 3.20. The van der Waals surface area contributed by atoms with Crippen molar-refractivity contribution >= 4 is 0 Å². The van der Waals surface area contributed by atoms with Gasteiger partial charge in [-0.1, -0.05) is 0 Å². The van der Waals surface area contributed by atoms with E-state index in [1.54, 1.807) is 20.4 Å². The first-order valence-electron chi connectivity index (χ1n) is 5.83. The number of nitrogens with zero attached hydrogens (tertiary/aromatic N) is 1. The number of rotatable bonds is 5. The molecule has 0 aliphatic rings. The second kappa shape index (κ2) is 5.73. The highest BCUT2D eigenvalue weighted by atomic mass is 16.5. The smallest absolute Gasteiger partial charge is 0.128 e. The molecule has 0 radical (unpaired) electrons. The SMILES string of the molecule is COc1ccc(OC)c(-c2cnc(C(N)CO)[nH]2)c1. The number of H-pyrrole nitrogens is 1. The summed E-state index contributed by atoms with van der Waals surface area (Å²) >= 11 is 0. The lowest BCUT2D eigenvalue weighted by atomic mass is 10.1. The van der Waals surface area contributed by atoms with Crippen molar-refractivity contribution in [3.8, 4) is 22.8 Å². The van der Waals surface area contributed by atoms with Crippen molar-refractivity contribution in [3.63, 3.8) is 0 Å². The molecule has 1 unspecified atom stereocenters. The van der Waals surface area contributed by atoms with Crippen LogP contribution in [-0.4, -0.2) is 35.9 Å². The Hall–Kier alpha value is -2.05. The third-order valence-corrected chi connectivity index (χ3v) is 2.84. The number of aliphatic hydroxyl groups is 1. The van der Waals surface area contributed by atoms with Crippen molar-refractivity contribution < 1.29 is 14.6 Å². The molecule has 0 aliphatic heterocycles. The Balaban J connectivity index is 2.42. The van der Waals surface area contributed by atoms with E-state index in [1.807, 2.05) is 18.2 Å². The molecular weight excluding hydrogens is 246 g/mol. The van der Waals surface area contributed by atoms with Crippen LogP contribution in [0.3, 0.4) is 0 Å². The summed E-state index contributed by atoms with van der Waals surface area (Å²) in [6.07, 6.45) is 1.65. The fourth-order valence-electron chi connectivity index (χ4n) is 1.77. The van der Waals surface area contributed by atoms with E-state index in [0.717, 1.165) is 17.0 Å². The van der Waals surface area contributed by atoms with E-state index < -0.39 is 6.04 Å². The molecule has 1 aromatic carbocycles. The zero-order valence-electron chi connectivity index (χ0n) is 10.9. The molecule has 2 rings (SSSR count). The van der Waals surface area contributed by atoms with Crippen LogP contribution in [0.15, 0.2) is 24.4 Å². The number of benzene rings is 1. The molecule has 2 aromatic rings. The number of aliphatic hydroxyl groups excluding tert-OH is 1. The van der Waals surface area contributed by atoms with Crippen LogP contribution in [0.5, 0.6) is 11.5 Å². The van der Waals surface area contributed by atoms with Crippen LogP contribution in [0.4, 0.5) is 0 Å². The fourth-order valence-corrected chi connectivity index (χ4v) is 1.77. The van der Waals surface area contributed by atoms with Gasteiger partial charge in [-0.25, -0.2) is 4.98 Å². The summed E-state index contributed by atoms with van der Waals surface area (Å²) in [4.78, 5) is 7.23. The third kappa shape index (κ3) is 2.69. The topological polar surface area (TPSA) is 93.4 Å². The minimum atomic E-state index is -0.523. The lowest BCUT2D eigenvalue weighted by molar-refractivity contribution is 0.264. The van der Waals surface area contributed by atoms with Gasteiger partial charge >= 0.3 is 0 Å². The Kier molecular flexibility index (Phi) is 4.03. The first-order valence-corrected chi connectivity index (χ1v) is 5.83. The molecule has 1 aromatic heterocycles. The van der Waals surface area contributed by atoms with E-state index >= 15 is 0 Å². The van der Waals surface area contributed by atoms with Crippen molar-refractivity contribution in [1.29, 1.82) is 0 Å². The molecule has 0 saturated carbocycles. The van der Waals surface area contributed by atoms with Crippen LogP contribution >= 0.6 is 0 Å². The molecular formula is C13H17N3O3. The average Bonchev–Trinajstić information content (AvgIpc) is 2.95. The van der Waals surface area contributed by atoms with Gasteiger partial charge < -0.3 is 25.3 Å². The Morgan fingerprint density at radius 2 is 2.16 bits per heavy atom. The largest absolute Gasteiger partial charge is 0.497 e. The number of aromatic amines is 1. The molecule has 4 N–H and O–H groups in total. The highest BCUT2D eigenvalue weighted by Crippen LogP contribution is 2.32. The van der Waals surface area contributed by atoms with Gasteiger partial charge in [0.05, 0.1) is 38.8 Å². The molecule has 0 fully saturated rings. The summed E-state index contributed by atoms with van der Waals surface area (Å²) in [5, 5.41) is 9.02. The third-order valence-electron chi connectivity index (χ3n) is 2.84. The zero-order valence-corrected chi connectivity index (χ0v) is 10.9. The predicted octanol–water partition coefficient (Wildman–Crippen LogP) is 1.09. The lowest BCUT2D eigenvalue weighted by Crippen LogP contribution is -2.15. The summed E-state index contributed by atoms with van der Waals surface area (Å²) in [5.74, 6) is 1.95. The van der Waals surface area contributed by atoms with E-state index in [9.17, 15) is 0 Å². The lowest BCUT2D eigenvalue weighted by Gasteiger charge is -2.09. The monoisotopic (exact) mass is 263 g/mol. The van der Waals surface area contributed by atoms with Crippen molar-refractivity contribution in [2.45, 2.75) is 6.04 Å². The first-order chi connectivity index (χ1) is 9.19. The molecule has 0 spiro atoms. The summed E-state index contributed by atoms with van der Waals surface area (Å²) in [6, 6.07) is 4.96. The molecule has 1 heterocycles. The van der Waals surface area contributed by atoms with E-state index in [1.165, 1.54) is 0 Å². The van der Waals surface area contributed by atoms with Gasteiger partial charge in [-0.05, 0) is 18.2 Å². The van der Waals surface area contributed by atoms with Gasteiger partial charge in [0.1, 0.15) is 17.3 Å². The zero-order chi connectivity index (χ0) is 13.8. The van der Waals surface area contributed by atoms with Crippen molar-refractivity contribution in [1.82, 2.24) is 9.97 Å². The maximum absolute atomic E-state index is 9.02. The van der Waals surface area contributed by atoms with E-state index in [2.05, 4.69) is 9.97 Å². The molecule has 0 bridgehead atoms. The van der Waals surface area contributed by atoms with Gasteiger partial charge in [0, 0.05) is 5.56 Å². The van der Waals surface area contributed by atoms with Crippen LogP contribution < -0.4 is 15.2 Å². The standard InChI is InChI=1S/C13H17N3O3/c1-18-8-3-4-12(19-2)9(5-8)11-6-15-13(16-11)10(14)7-17/h3-6,10,17H,7,14H2,1-2H3,(H,15,16). The average molecular weight is 263 g/mol. The maximum Gasteiger partial charge on any atom is 0.128 e. The number of aromatic nitrogens is 2. The van der Waals surface area contributed by atoms with Gasteiger partial charge in [-0.3, -0.25) is 0 Å². The molecule has 1 atom stereocenters. The fraction of sp³-hybridized carbons (Fsp3) is 0.308. The van der Waals surface area contributed by atoms with Crippen LogP contribution in [-0.2, 0) is 0 Å². The minimum Gasteiger partial charge on any atom is -0.497 e.